The summed E-state index contributed by atoms with van der Waals surface area (Å²) >= 11 is 0. The van der Waals surface area contributed by atoms with Gasteiger partial charge < -0.3 is 4.74 Å². The molecule has 0 aromatic rings. The molecule has 0 radical (unpaired) electrons. The van der Waals surface area contributed by atoms with Crippen LogP contribution in [0.3, 0.4) is 0 Å². The normalized spacial score (nSPS) is 69.8. The molecule has 3 aliphatic carbocycles. The van der Waals surface area contributed by atoms with Crippen molar-refractivity contribution in [1.82, 2.24) is 0 Å². The Morgan fingerprint density at radius 3 is 3.08 bits per heavy atom. The lowest BCUT2D eigenvalue weighted by molar-refractivity contribution is -0.159. The van der Waals surface area contributed by atoms with Crippen molar-refractivity contribution in [2.75, 3.05) is 0 Å². The number of hydrogen-bond donors (Lipinski definition) is 0. The fraction of sp³-hybridized carbons (Fsp3) is 0.900. The van der Waals surface area contributed by atoms with E-state index in [1.807, 2.05) is 0 Å². The van der Waals surface area contributed by atoms with Crippen LogP contribution in [0.15, 0.2) is 0 Å². The zero-order chi connectivity index (χ0) is 8.09. The van der Waals surface area contributed by atoms with E-state index in [9.17, 15) is 4.79 Å². The number of carbonyl (C=O) groups excluding carboxylic acids is 1. The summed E-state index contributed by atoms with van der Waals surface area (Å²) in [6, 6.07) is 0. The molecule has 64 valence electrons. The largest absolute Gasteiger partial charge is 0.462 e. The number of rotatable bonds is 0. The lowest BCUT2D eigenvalue weighted by Gasteiger charge is -2.24. The zero-order valence-electron chi connectivity index (χ0n) is 7.12. The number of esters is 1. The van der Waals surface area contributed by atoms with Crippen molar-refractivity contribution in [3.63, 3.8) is 0 Å². The van der Waals surface area contributed by atoms with E-state index >= 15 is 0 Å². The fourth-order valence-electron chi connectivity index (χ4n) is 4.54. The third-order valence-corrected chi connectivity index (χ3v) is 4.91. The number of carbonyl (C=O) groups is 1. The summed E-state index contributed by atoms with van der Waals surface area (Å²) in [5.41, 5.74) is 0.518. The highest BCUT2D eigenvalue weighted by Crippen LogP contribution is 2.80. The smallest absolute Gasteiger partial charge is 0.309 e. The molecule has 0 amide bonds. The summed E-state index contributed by atoms with van der Waals surface area (Å²) in [6.07, 6.45) is 2.62. The minimum atomic E-state index is 0.116. The third kappa shape index (κ3) is 0.377. The Morgan fingerprint density at radius 2 is 2.33 bits per heavy atom. The molecule has 4 rings (SSSR count). The van der Waals surface area contributed by atoms with Crippen LogP contribution in [0.25, 0.3) is 0 Å². The van der Waals surface area contributed by atoms with Gasteiger partial charge in [-0.15, -0.1) is 0 Å². The second-order valence-corrected chi connectivity index (χ2v) is 5.24. The second kappa shape index (κ2) is 1.34. The van der Waals surface area contributed by atoms with Crippen molar-refractivity contribution >= 4 is 5.97 Å². The van der Waals surface area contributed by atoms with Crippen LogP contribution in [-0.4, -0.2) is 12.1 Å². The fourth-order valence-corrected chi connectivity index (χ4v) is 4.54. The van der Waals surface area contributed by atoms with Crippen LogP contribution in [0.2, 0.25) is 0 Å². The van der Waals surface area contributed by atoms with Gasteiger partial charge in [0.25, 0.3) is 0 Å². The highest BCUT2D eigenvalue weighted by atomic mass is 16.5. The Balaban J connectivity index is 1.92. The Bertz CT molecular complexity index is 298. The monoisotopic (exact) mass is 164 g/mol. The molecular weight excluding hydrogens is 152 g/mol. The molecule has 2 heteroatoms. The highest BCUT2D eigenvalue weighted by Gasteiger charge is 2.80. The molecule has 3 saturated carbocycles. The first-order chi connectivity index (χ1) is 5.72. The van der Waals surface area contributed by atoms with Gasteiger partial charge in [0.15, 0.2) is 0 Å². The summed E-state index contributed by atoms with van der Waals surface area (Å²) in [7, 11) is 0. The van der Waals surface area contributed by atoms with Crippen LogP contribution >= 0.6 is 0 Å². The van der Waals surface area contributed by atoms with E-state index in [-0.39, 0.29) is 5.97 Å². The van der Waals surface area contributed by atoms with Crippen LogP contribution in [0.1, 0.15) is 19.8 Å². The Labute approximate surface area is 71.3 Å². The molecule has 0 N–H and O–H groups in total. The molecule has 6 atom stereocenters. The minimum Gasteiger partial charge on any atom is -0.462 e. The van der Waals surface area contributed by atoms with Crippen LogP contribution in [0.4, 0.5) is 0 Å². The number of hydrogen-bond acceptors (Lipinski definition) is 2. The van der Waals surface area contributed by atoms with E-state index < -0.39 is 0 Å². The van der Waals surface area contributed by atoms with Gasteiger partial charge in [-0.3, -0.25) is 4.79 Å². The molecule has 4 fully saturated rings. The molecule has 2 bridgehead atoms. The summed E-state index contributed by atoms with van der Waals surface area (Å²) in [5.74, 6) is 2.74. The Kier molecular flexibility index (Phi) is 0.671. The van der Waals surface area contributed by atoms with Gasteiger partial charge in [0, 0.05) is 5.92 Å². The van der Waals surface area contributed by atoms with Crippen molar-refractivity contribution in [1.29, 1.82) is 0 Å². The molecule has 0 spiro atoms. The molecule has 1 saturated heterocycles. The molecule has 2 nitrogen and oxygen atoms in total. The Morgan fingerprint density at radius 1 is 1.50 bits per heavy atom. The standard InChI is InChI=1S/C10H12O2/c1-10-3-6-4-2-5(9(11)12-6)8(10)7(4)10/h4-8H,2-3H2,1H3. The molecule has 12 heavy (non-hydrogen) atoms. The maximum Gasteiger partial charge on any atom is 0.309 e. The quantitative estimate of drug-likeness (QED) is 0.503. The maximum atomic E-state index is 11.4. The molecule has 0 aromatic heterocycles. The lowest BCUT2D eigenvalue weighted by Crippen LogP contribution is -2.30. The molecule has 1 aliphatic heterocycles. The highest BCUT2D eigenvalue weighted by molar-refractivity contribution is 5.77. The molecular formula is C10H12O2. The molecule has 4 aliphatic rings. The van der Waals surface area contributed by atoms with E-state index in [1.165, 1.54) is 0 Å². The van der Waals surface area contributed by atoms with Crippen molar-refractivity contribution in [2.45, 2.75) is 25.9 Å². The van der Waals surface area contributed by atoms with Gasteiger partial charge in [-0.2, -0.15) is 0 Å². The van der Waals surface area contributed by atoms with Gasteiger partial charge in [-0.05, 0) is 30.1 Å². The predicted molar refractivity (Wildman–Crippen MR) is 41.2 cm³/mol. The second-order valence-electron chi connectivity index (χ2n) is 5.24. The third-order valence-electron chi connectivity index (χ3n) is 4.91. The van der Waals surface area contributed by atoms with Gasteiger partial charge in [-0.25, -0.2) is 0 Å². The first-order valence-corrected chi connectivity index (χ1v) is 4.92. The average Bonchev–Trinajstić information content (AvgIpc) is 2.43. The van der Waals surface area contributed by atoms with Gasteiger partial charge in [0.2, 0.25) is 0 Å². The van der Waals surface area contributed by atoms with E-state index in [1.54, 1.807) is 0 Å². The van der Waals surface area contributed by atoms with Crippen LogP contribution in [0, 0.1) is 29.1 Å². The topological polar surface area (TPSA) is 26.3 Å². The van der Waals surface area contributed by atoms with E-state index in [0.29, 0.717) is 23.4 Å². The SMILES string of the molecule is CC12CC3OC(=O)C4CC3C1C42. The van der Waals surface area contributed by atoms with Crippen molar-refractivity contribution < 1.29 is 9.53 Å². The summed E-state index contributed by atoms with van der Waals surface area (Å²) in [5, 5.41) is 0. The summed E-state index contributed by atoms with van der Waals surface area (Å²) in [6.45, 7) is 2.35. The van der Waals surface area contributed by atoms with Gasteiger partial charge in [-0.1, -0.05) is 6.92 Å². The average molecular weight is 164 g/mol. The predicted octanol–water partition coefficient (Wildman–Crippen LogP) is 1.20. The number of fused-ring (bicyclic) bond motifs is 3. The first kappa shape index (κ1) is 6.01. The van der Waals surface area contributed by atoms with Crippen molar-refractivity contribution in [2.24, 2.45) is 29.1 Å². The maximum absolute atomic E-state index is 11.4. The van der Waals surface area contributed by atoms with Crippen molar-refractivity contribution in [3.8, 4) is 0 Å². The first-order valence-electron chi connectivity index (χ1n) is 4.92. The van der Waals surface area contributed by atoms with Crippen LogP contribution in [0.5, 0.6) is 0 Å². The Hall–Kier alpha value is -0.530. The summed E-state index contributed by atoms with van der Waals surface area (Å²) in [4.78, 5) is 11.4. The molecule has 6 unspecified atom stereocenters. The lowest BCUT2D eigenvalue weighted by atomic mass is 9.92. The van der Waals surface area contributed by atoms with Crippen LogP contribution in [-0.2, 0) is 9.53 Å². The number of ether oxygens (including phenoxy) is 1. The van der Waals surface area contributed by atoms with Crippen molar-refractivity contribution in [3.05, 3.63) is 0 Å². The van der Waals surface area contributed by atoms with Gasteiger partial charge in [0.1, 0.15) is 6.10 Å². The van der Waals surface area contributed by atoms with E-state index in [4.69, 9.17) is 4.74 Å². The van der Waals surface area contributed by atoms with Gasteiger partial charge in [0.05, 0.1) is 5.92 Å². The van der Waals surface area contributed by atoms with E-state index in [2.05, 4.69) is 6.92 Å². The summed E-state index contributed by atoms with van der Waals surface area (Å²) < 4.78 is 5.41. The molecule has 1 heterocycles. The van der Waals surface area contributed by atoms with Crippen LogP contribution < -0.4 is 0 Å². The zero-order valence-corrected chi connectivity index (χ0v) is 7.12. The minimum absolute atomic E-state index is 0.116. The van der Waals surface area contributed by atoms with Gasteiger partial charge >= 0.3 is 5.97 Å². The van der Waals surface area contributed by atoms with E-state index in [0.717, 1.165) is 24.7 Å². The molecule has 0 aromatic carbocycles.